The summed E-state index contributed by atoms with van der Waals surface area (Å²) < 4.78 is 0. The fraction of sp³-hybridized carbons (Fsp3) is 1.00. The van der Waals surface area contributed by atoms with Gasteiger partial charge in [0.1, 0.15) is 0 Å². The third kappa shape index (κ3) is 1.82. The molecule has 2 aliphatic carbocycles. The van der Waals surface area contributed by atoms with Gasteiger partial charge in [-0.25, -0.2) is 0 Å². The van der Waals surface area contributed by atoms with Gasteiger partial charge in [0, 0.05) is 6.04 Å². The summed E-state index contributed by atoms with van der Waals surface area (Å²) in [6, 6.07) is 0.887. The second-order valence-corrected chi connectivity index (χ2v) is 4.70. The van der Waals surface area contributed by atoms with Crippen molar-refractivity contribution in [2.75, 3.05) is 6.54 Å². The SMILES string of the molecule is CC1CCCC1CNC1CCC1. The Kier molecular flexibility index (Phi) is 2.69. The number of hydrogen-bond acceptors (Lipinski definition) is 1. The number of hydrogen-bond donors (Lipinski definition) is 1. The molecule has 2 rings (SSSR count). The maximum Gasteiger partial charge on any atom is 0.00672 e. The van der Waals surface area contributed by atoms with Crippen LogP contribution in [0.25, 0.3) is 0 Å². The lowest BCUT2D eigenvalue weighted by Crippen LogP contribution is -2.38. The summed E-state index contributed by atoms with van der Waals surface area (Å²) in [5.74, 6) is 1.98. The van der Waals surface area contributed by atoms with Crippen LogP contribution in [0.1, 0.15) is 45.4 Å². The molecule has 0 aliphatic heterocycles. The van der Waals surface area contributed by atoms with Gasteiger partial charge >= 0.3 is 0 Å². The Bertz CT molecular complexity index is 140. The third-order valence-corrected chi connectivity index (χ3v) is 3.81. The molecule has 1 N–H and O–H groups in total. The molecule has 0 heterocycles. The molecular weight excluding hydrogens is 146 g/mol. The Morgan fingerprint density at radius 3 is 2.33 bits per heavy atom. The summed E-state index contributed by atoms with van der Waals surface area (Å²) in [5, 5.41) is 3.69. The Morgan fingerprint density at radius 1 is 1.08 bits per heavy atom. The molecule has 0 saturated heterocycles. The van der Waals surface area contributed by atoms with Gasteiger partial charge in [-0.05, 0) is 37.6 Å². The van der Waals surface area contributed by atoms with Gasteiger partial charge in [0.15, 0.2) is 0 Å². The average molecular weight is 167 g/mol. The highest BCUT2D eigenvalue weighted by molar-refractivity contribution is 4.81. The average Bonchev–Trinajstić information content (AvgIpc) is 2.33. The predicted molar refractivity (Wildman–Crippen MR) is 52.1 cm³/mol. The summed E-state index contributed by atoms with van der Waals surface area (Å²) in [6.07, 6.45) is 8.73. The van der Waals surface area contributed by atoms with Gasteiger partial charge < -0.3 is 5.32 Å². The first kappa shape index (κ1) is 8.55. The Balaban J connectivity index is 1.64. The van der Waals surface area contributed by atoms with E-state index in [1.807, 2.05) is 0 Å². The zero-order chi connectivity index (χ0) is 8.39. The third-order valence-electron chi connectivity index (χ3n) is 3.81. The Morgan fingerprint density at radius 2 is 1.83 bits per heavy atom. The van der Waals surface area contributed by atoms with Crippen LogP contribution < -0.4 is 5.32 Å². The highest BCUT2D eigenvalue weighted by Crippen LogP contribution is 2.31. The molecule has 1 heteroatoms. The van der Waals surface area contributed by atoms with Crippen LogP contribution in [-0.2, 0) is 0 Å². The molecule has 0 aromatic carbocycles. The molecule has 0 amide bonds. The van der Waals surface area contributed by atoms with E-state index in [1.165, 1.54) is 45.1 Å². The van der Waals surface area contributed by atoms with Gasteiger partial charge in [-0.3, -0.25) is 0 Å². The smallest absolute Gasteiger partial charge is 0.00672 e. The topological polar surface area (TPSA) is 12.0 Å². The molecule has 2 fully saturated rings. The zero-order valence-corrected chi connectivity index (χ0v) is 8.18. The van der Waals surface area contributed by atoms with Gasteiger partial charge in [0.2, 0.25) is 0 Å². The van der Waals surface area contributed by atoms with Gasteiger partial charge in [-0.15, -0.1) is 0 Å². The van der Waals surface area contributed by atoms with E-state index in [0.717, 1.165) is 17.9 Å². The van der Waals surface area contributed by atoms with Crippen molar-refractivity contribution in [2.45, 2.75) is 51.5 Å². The van der Waals surface area contributed by atoms with Crippen molar-refractivity contribution in [1.82, 2.24) is 5.32 Å². The minimum atomic E-state index is 0.887. The molecule has 2 aliphatic rings. The van der Waals surface area contributed by atoms with Gasteiger partial charge in [-0.1, -0.05) is 26.2 Å². The maximum absolute atomic E-state index is 3.69. The van der Waals surface area contributed by atoms with Crippen LogP contribution in [0.4, 0.5) is 0 Å². The van der Waals surface area contributed by atoms with E-state index in [4.69, 9.17) is 0 Å². The first-order valence-corrected chi connectivity index (χ1v) is 5.59. The normalized spacial score (nSPS) is 36.8. The monoisotopic (exact) mass is 167 g/mol. The van der Waals surface area contributed by atoms with Crippen molar-refractivity contribution in [3.8, 4) is 0 Å². The van der Waals surface area contributed by atoms with E-state index < -0.39 is 0 Å². The van der Waals surface area contributed by atoms with E-state index >= 15 is 0 Å². The molecule has 2 saturated carbocycles. The van der Waals surface area contributed by atoms with Crippen molar-refractivity contribution in [2.24, 2.45) is 11.8 Å². The Labute approximate surface area is 75.9 Å². The lowest BCUT2D eigenvalue weighted by Gasteiger charge is -2.28. The van der Waals surface area contributed by atoms with Gasteiger partial charge in [0.05, 0.1) is 0 Å². The van der Waals surface area contributed by atoms with E-state index in [0.29, 0.717) is 0 Å². The zero-order valence-electron chi connectivity index (χ0n) is 8.18. The van der Waals surface area contributed by atoms with Gasteiger partial charge in [0.25, 0.3) is 0 Å². The molecule has 12 heavy (non-hydrogen) atoms. The molecule has 0 bridgehead atoms. The molecule has 0 aromatic rings. The first-order valence-electron chi connectivity index (χ1n) is 5.59. The van der Waals surface area contributed by atoms with Crippen LogP contribution in [-0.4, -0.2) is 12.6 Å². The lowest BCUT2D eigenvalue weighted by molar-refractivity contribution is 0.296. The molecule has 70 valence electrons. The molecule has 1 nitrogen and oxygen atoms in total. The standard InChI is InChI=1S/C11H21N/c1-9-4-2-5-10(9)8-12-11-6-3-7-11/h9-12H,2-8H2,1H3. The second kappa shape index (κ2) is 3.78. The maximum atomic E-state index is 3.69. The number of nitrogens with one attached hydrogen (secondary N) is 1. The van der Waals surface area contributed by atoms with Crippen LogP contribution in [0.15, 0.2) is 0 Å². The van der Waals surface area contributed by atoms with E-state index in [2.05, 4.69) is 12.2 Å². The molecule has 2 atom stereocenters. The number of rotatable bonds is 3. The highest BCUT2D eigenvalue weighted by atomic mass is 14.9. The fourth-order valence-electron chi connectivity index (χ4n) is 2.46. The highest BCUT2D eigenvalue weighted by Gasteiger charge is 2.25. The molecular formula is C11H21N. The van der Waals surface area contributed by atoms with Crippen LogP contribution in [0, 0.1) is 11.8 Å². The summed E-state index contributed by atoms with van der Waals surface area (Å²) in [4.78, 5) is 0. The van der Waals surface area contributed by atoms with E-state index in [9.17, 15) is 0 Å². The van der Waals surface area contributed by atoms with E-state index in [-0.39, 0.29) is 0 Å². The molecule has 0 radical (unpaired) electrons. The molecule has 0 aromatic heterocycles. The minimum absolute atomic E-state index is 0.887. The van der Waals surface area contributed by atoms with Crippen molar-refractivity contribution >= 4 is 0 Å². The largest absolute Gasteiger partial charge is 0.314 e. The lowest BCUT2D eigenvalue weighted by atomic mass is 9.91. The van der Waals surface area contributed by atoms with E-state index in [1.54, 1.807) is 0 Å². The van der Waals surface area contributed by atoms with Crippen molar-refractivity contribution in [3.05, 3.63) is 0 Å². The van der Waals surface area contributed by atoms with Crippen molar-refractivity contribution in [1.29, 1.82) is 0 Å². The fourth-order valence-corrected chi connectivity index (χ4v) is 2.46. The summed E-state index contributed by atoms with van der Waals surface area (Å²) >= 11 is 0. The minimum Gasteiger partial charge on any atom is -0.314 e. The van der Waals surface area contributed by atoms with Crippen molar-refractivity contribution in [3.63, 3.8) is 0 Å². The van der Waals surface area contributed by atoms with Crippen LogP contribution in [0.5, 0.6) is 0 Å². The second-order valence-electron chi connectivity index (χ2n) is 4.70. The summed E-state index contributed by atoms with van der Waals surface area (Å²) in [5.41, 5.74) is 0. The van der Waals surface area contributed by atoms with Crippen LogP contribution in [0.2, 0.25) is 0 Å². The molecule has 2 unspecified atom stereocenters. The first-order chi connectivity index (χ1) is 5.86. The van der Waals surface area contributed by atoms with Crippen LogP contribution >= 0.6 is 0 Å². The molecule has 0 spiro atoms. The van der Waals surface area contributed by atoms with Crippen LogP contribution in [0.3, 0.4) is 0 Å². The van der Waals surface area contributed by atoms with Crippen molar-refractivity contribution < 1.29 is 0 Å². The summed E-state index contributed by atoms with van der Waals surface area (Å²) in [6.45, 7) is 3.71. The quantitative estimate of drug-likeness (QED) is 0.681. The van der Waals surface area contributed by atoms with Gasteiger partial charge in [-0.2, -0.15) is 0 Å². The predicted octanol–water partition coefficient (Wildman–Crippen LogP) is 2.56. The summed E-state index contributed by atoms with van der Waals surface area (Å²) in [7, 11) is 0. The Hall–Kier alpha value is -0.0400.